The van der Waals surface area contributed by atoms with Crippen molar-refractivity contribution in [1.82, 2.24) is 0 Å². The van der Waals surface area contributed by atoms with Gasteiger partial charge in [0.2, 0.25) is 0 Å². The fourth-order valence-electron chi connectivity index (χ4n) is 4.08. The molecule has 0 aliphatic heterocycles. The van der Waals surface area contributed by atoms with E-state index in [1.165, 1.54) is 17.7 Å². The number of benzene rings is 4. The molecule has 0 aliphatic carbocycles. The first kappa shape index (κ1) is 24.6. The molecule has 0 atom stereocenters. The van der Waals surface area contributed by atoms with E-state index in [1.807, 2.05) is 43.3 Å². The van der Waals surface area contributed by atoms with Gasteiger partial charge in [0.1, 0.15) is 17.3 Å². The largest absolute Gasteiger partial charge is 0.573 e. The number of ether oxygens (including phenoxy) is 2. The van der Waals surface area contributed by atoms with Crippen LogP contribution in [-0.2, 0) is 25.7 Å². The topological polar surface area (TPSA) is 18.5 Å². The summed E-state index contributed by atoms with van der Waals surface area (Å²) in [5.74, 6) is 0.342. The molecule has 0 N–H and O–H groups in total. The molecule has 6 heteroatoms. The Hall–Kier alpha value is -3.54. The Morgan fingerprint density at radius 2 is 1.23 bits per heavy atom. The highest BCUT2D eigenvalue weighted by Crippen LogP contribution is 2.26. The number of fused-ring (bicyclic) bond motifs is 1. The molecule has 4 aromatic carbocycles. The highest BCUT2D eigenvalue weighted by atomic mass is 19.4. The highest BCUT2D eigenvalue weighted by molar-refractivity contribution is 5.84. The van der Waals surface area contributed by atoms with Crippen molar-refractivity contribution < 1.29 is 27.0 Å². The van der Waals surface area contributed by atoms with Crippen molar-refractivity contribution in [3.8, 4) is 11.5 Å². The summed E-state index contributed by atoms with van der Waals surface area (Å²) in [5.41, 5.74) is 3.74. The summed E-state index contributed by atoms with van der Waals surface area (Å²) < 4.78 is 61.4. The van der Waals surface area contributed by atoms with Crippen molar-refractivity contribution in [3.63, 3.8) is 0 Å². The molecule has 0 spiro atoms. The number of rotatable bonds is 9. The lowest BCUT2D eigenvalue weighted by Crippen LogP contribution is -2.17. The van der Waals surface area contributed by atoms with Crippen molar-refractivity contribution in [1.29, 1.82) is 0 Å². The maximum Gasteiger partial charge on any atom is 0.573 e. The molecule has 0 heterocycles. The van der Waals surface area contributed by atoms with Crippen LogP contribution < -0.4 is 9.47 Å². The average molecular weight is 483 g/mol. The monoisotopic (exact) mass is 482 g/mol. The molecular weight excluding hydrogens is 456 g/mol. The first-order valence-electron chi connectivity index (χ1n) is 11.6. The van der Waals surface area contributed by atoms with Crippen molar-refractivity contribution >= 4 is 10.8 Å². The summed E-state index contributed by atoms with van der Waals surface area (Å²) >= 11 is 0. The van der Waals surface area contributed by atoms with Crippen molar-refractivity contribution in [2.24, 2.45) is 0 Å². The van der Waals surface area contributed by atoms with E-state index in [9.17, 15) is 13.2 Å². The minimum absolute atomic E-state index is 0.252. The number of hydrogen-bond donors (Lipinski definition) is 0. The van der Waals surface area contributed by atoms with Gasteiger partial charge in [-0.1, -0.05) is 54.6 Å². The smallest absolute Gasteiger partial charge is 0.494 e. The van der Waals surface area contributed by atoms with E-state index in [4.69, 9.17) is 4.74 Å². The lowest BCUT2D eigenvalue weighted by atomic mass is 9.97. The van der Waals surface area contributed by atoms with Crippen LogP contribution in [0.1, 0.15) is 29.2 Å². The van der Waals surface area contributed by atoms with E-state index in [1.54, 1.807) is 18.2 Å². The predicted octanol–water partition coefficient (Wildman–Crippen LogP) is 7.85. The minimum Gasteiger partial charge on any atom is -0.494 e. The van der Waals surface area contributed by atoms with Crippen molar-refractivity contribution in [3.05, 3.63) is 107 Å². The summed E-state index contributed by atoms with van der Waals surface area (Å²) in [6, 6.07) is 23.3. The third-order valence-electron chi connectivity index (χ3n) is 5.88. The van der Waals surface area contributed by atoms with Crippen LogP contribution in [0.4, 0.5) is 17.6 Å². The summed E-state index contributed by atoms with van der Waals surface area (Å²) in [6.07, 6.45) is -2.03. The van der Waals surface area contributed by atoms with Gasteiger partial charge in [-0.25, -0.2) is 4.39 Å². The van der Waals surface area contributed by atoms with Crippen LogP contribution in [0.3, 0.4) is 0 Å². The molecule has 0 radical (unpaired) electrons. The molecule has 0 unspecified atom stereocenters. The molecule has 35 heavy (non-hydrogen) atoms. The molecule has 4 rings (SSSR count). The second kappa shape index (κ2) is 10.8. The third kappa shape index (κ3) is 6.75. The van der Waals surface area contributed by atoms with Gasteiger partial charge < -0.3 is 9.47 Å². The van der Waals surface area contributed by atoms with Crippen LogP contribution in [-0.4, -0.2) is 13.0 Å². The number of halogens is 4. The van der Waals surface area contributed by atoms with Gasteiger partial charge in [-0.05, 0) is 84.5 Å². The zero-order chi connectivity index (χ0) is 24.8. The second-order valence-corrected chi connectivity index (χ2v) is 8.36. The van der Waals surface area contributed by atoms with Crippen molar-refractivity contribution in [2.75, 3.05) is 6.61 Å². The Balaban J connectivity index is 1.38. The molecule has 4 aromatic rings. The quantitative estimate of drug-likeness (QED) is 0.226. The van der Waals surface area contributed by atoms with Crippen LogP contribution in [0.5, 0.6) is 11.5 Å². The van der Waals surface area contributed by atoms with Gasteiger partial charge >= 0.3 is 6.36 Å². The molecule has 0 amide bonds. The van der Waals surface area contributed by atoms with E-state index < -0.39 is 6.36 Å². The molecule has 0 aromatic heterocycles. The van der Waals surface area contributed by atoms with Gasteiger partial charge in [-0.3, -0.25) is 0 Å². The Labute approximate surface area is 202 Å². The molecule has 0 aliphatic rings. The average Bonchev–Trinajstić information content (AvgIpc) is 2.83. The summed E-state index contributed by atoms with van der Waals surface area (Å²) in [4.78, 5) is 0. The van der Waals surface area contributed by atoms with Gasteiger partial charge in [0.25, 0.3) is 0 Å². The van der Waals surface area contributed by atoms with Gasteiger partial charge in [0, 0.05) is 5.39 Å². The normalized spacial score (nSPS) is 11.6. The van der Waals surface area contributed by atoms with E-state index in [2.05, 4.69) is 16.9 Å². The molecule has 2 nitrogen and oxygen atoms in total. The third-order valence-corrected chi connectivity index (χ3v) is 5.88. The first-order valence-corrected chi connectivity index (χ1v) is 11.6. The molecule has 0 saturated heterocycles. The lowest BCUT2D eigenvalue weighted by molar-refractivity contribution is -0.274. The first-order chi connectivity index (χ1) is 16.8. The fourth-order valence-corrected chi connectivity index (χ4v) is 4.08. The van der Waals surface area contributed by atoms with Gasteiger partial charge in [0.05, 0.1) is 6.61 Å². The number of aryl methyl sites for hydroxylation is 4. The Kier molecular flexibility index (Phi) is 7.59. The van der Waals surface area contributed by atoms with Crippen molar-refractivity contribution in [2.45, 2.75) is 39.0 Å². The summed E-state index contributed by atoms with van der Waals surface area (Å²) in [7, 11) is 0. The standard InChI is InChI=1S/C29H26F4O2/c1-2-34-25-14-6-20(7-15-25)3-4-22-10-18-27-24(19-22)13-12-23(28(27)30)11-5-21-8-16-26(17-9-21)35-29(31,32)33/h6-10,12-19H,2-5,11H2,1H3. The number of hydrogen-bond acceptors (Lipinski definition) is 2. The zero-order valence-electron chi connectivity index (χ0n) is 19.4. The lowest BCUT2D eigenvalue weighted by Gasteiger charge is -2.11. The Morgan fingerprint density at radius 3 is 1.86 bits per heavy atom. The van der Waals surface area contributed by atoms with Crippen LogP contribution in [0.25, 0.3) is 10.8 Å². The maximum absolute atomic E-state index is 15.1. The predicted molar refractivity (Wildman–Crippen MR) is 129 cm³/mol. The van der Waals surface area contributed by atoms with Gasteiger partial charge in [-0.15, -0.1) is 13.2 Å². The van der Waals surface area contributed by atoms with Crippen LogP contribution >= 0.6 is 0 Å². The van der Waals surface area contributed by atoms with Crippen LogP contribution in [0, 0.1) is 5.82 Å². The maximum atomic E-state index is 15.1. The summed E-state index contributed by atoms with van der Waals surface area (Å²) in [5, 5.41) is 1.42. The van der Waals surface area contributed by atoms with E-state index >= 15 is 4.39 Å². The fraction of sp³-hybridized carbons (Fsp3) is 0.241. The Morgan fingerprint density at radius 1 is 0.657 bits per heavy atom. The second-order valence-electron chi connectivity index (χ2n) is 8.36. The van der Waals surface area contributed by atoms with E-state index in [0.717, 1.165) is 35.1 Å². The number of alkyl halides is 3. The molecule has 182 valence electrons. The van der Waals surface area contributed by atoms with Crippen LogP contribution in [0.15, 0.2) is 78.9 Å². The molecule has 0 bridgehead atoms. The highest BCUT2D eigenvalue weighted by Gasteiger charge is 2.30. The van der Waals surface area contributed by atoms with E-state index in [0.29, 0.717) is 30.4 Å². The van der Waals surface area contributed by atoms with Gasteiger partial charge in [0.15, 0.2) is 0 Å². The minimum atomic E-state index is -4.72. The summed E-state index contributed by atoms with van der Waals surface area (Å²) in [6.45, 7) is 2.60. The molecule has 0 fully saturated rings. The zero-order valence-corrected chi connectivity index (χ0v) is 19.4. The molecular formula is C29H26F4O2. The van der Waals surface area contributed by atoms with Gasteiger partial charge in [-0.2, -0.15) is 0 Å². The van der Waals surface area contributed by atoms with E-state index in [-0.39, 0.29) is 11.6 Å². The van der Waals surface area contributed by atoms with Crippen LogP contribution in [0.2, 0.25) is 0 Å². The molecule has 0 saturated carbocycles. The SMILES string of the molecule is CCOc1ccc(CCc2ccc3c(F)c(CCc4ccc(OC(F)(F)F)cc4)ccc3c2)cc1. The Bertz CT molecular complexity index is 1260.